The molecule has 0 saturated carbocycles. The Kier molecular flexibility index (Phi) is 3.33. The molecule has 0 bridgehead atoms. The molecule has 0 amide bonds. The first-order chi connectivity index (χ1) is 6.40. The molecular weight excluding hydrogens is 172 g/mol. The van der Waals surface area contributed by atoms with Crippen LogP contribution >= 0.6 is 0 Å². The summed E-state index contributed by atoms with van der Waals surface area (Å²) in [6, 6.07) is 8.34. The predicted molar refractivity (Wildman–Crippen MR) is 60.5 cm³/mol. The zero-order chi connectivity index (χ0) is 10.8. The lowest BCUT2D eigenvalue weighted by molar-refractivity contribution is 0.0807. The molecule has 1 rings (SSSR count). The SMILES string of the molecule is CC(C)c1ccccc1CC(C)(C)O. The molecule has 0 spiro atoms. The van der Waals surface area contributed by atoms with Crippen LogP contribution in [0.25, 0.3) is 0 Å². The molecule has 0 saturated heterocycles. The Morgan fingerprint density at radius 3 is 2.29 bits per heavy atom. The van der Waals surface area contributed by atoms with Crippen LogP contribution in [0.2, 0.25) is 0 Å². The van der Waals surface area contributed by atoms with E-state index in [0.29, 0.717) is 5.92 Å². The van der Waals surface area contributed by atoms with Gasteiger partial charge < -0.3 is 5.11 Å². The van der Waals surface area contributed by atoms with Crippen molar-refractivity contribution in [3.8, 4) is 0 Å². The molecule has 0 radical (unpaired) electrons. The minimum atomic E-state index is -0.620. The summed E-state index contributed by atoms with van der Waals surface area (Å²) in [7, 11) is 0. The van der Waals surface area contributed by atoms with E-state index in [4.69, 9.17) is 0 Å². The molecule has 0 aromatic heterocycles. The zero-order valence-electron chi connectivity index (χ0n) is 9.54. The largest absolute Gasteiger partial charge is 0.390 e. The summed E-state index contributed by atoms with van der Waals surface area (Å²) in [5.41, 5.74) is 1.98. The van der Waals surface area contributed by atoms with Crippen molar-refractivity contribution in [2.45, 2.75) is 45.6 Å². The van der Waals surface area contributed by atoms with Gasteiger partial charge in [0.15, 0.2) is 0 Å². The van der Waals surface area contributed by atoms with Gasteiger partial charge in [0.05, 0.1) is 5.60 Å². The van der Waals surface area contributed by atoms with Gasteiger partial charge in [-0.15, -0.1) is 0 Å². The highest BCUT2D eigenvalue weighted by atomic mass is 16.3. The van der Waals surface area contributed by atoms with Gasteiger partial charge in [-0.3, -0.25) is 0 Å². The normalized spacial score (nSPS) is 12.1. The van der Waals surface area contributed by atoms with Crippen molar-refractivity contribution in [2.24, 2.45) is 0 Å². The monoisotopic (exact) mass is 192 g/mol. The van der Waals surface area contributed by atoms with Crippen molar-refractivity contribution < 1.29 is 5.11 Å². The summed E-state index contributed by atoms with van der Waals surface area (Å²) in [4.78, 5) is 0. The van der Waals surface area contributed by atoms with Crippen LogP contribution in [0.5, 0.6) is 0 Å². The van der Waals surface area contributed by atoms with Gasteiger partial charge in [-0.2, -0.15) is 0 Å². The Labute approximate surface area is 86.8 Å². The van der Waals surface area contributed by atoms with Gasteiger partial charge in [-0.1, -0.05) is 38.1 Å². The molecule has 1 aromatic rings. The Bertz CT molecular complexity index is 294. The summed E-state index contributed by atoms with van der Waals surface area (Å²) in [5, 5.41) is 9.78. The van der Waals surface area contributed by atoms with E-state index in [9.17, 15) is 5.11 Å². The maximum absolute atomic E-state index is 9.78. The predicted octanol–water partition coefficient (Wildman–Crippen LogP) is 3.12. The van der Waals surface area contributed by atoms with Gasteiger partial charge in [0.25, 0.3) is 0 Å². The third-order valence-corrected chi connectivity index (χ3v) is 2.30. The van der Waals surface area contributed by atoms with E-state index in [-0.39, 0.29) is 0 Å². The van der Waals surface area contributed by atoms with Gasteiger partial charge in [-0.05, 0) is 30.9 Å². The van der Waals surface area contributed by atoms with Crippen LogP contribution in [0.3, 0.4) is 0 Å². The molecule has 0 aliphatic rings. The van der Waals surface area contributed by atoms with Crippen LogP contribution in [0.15, 0.2) is 24.3 Å². The number of rotatable bonds is 3. The van der Waals surface area contributed by atoms with Crippen LogP contribution in [0.1, 0.15) is 44.7 Å². The van der Waals surface area contributed by atoms with E-state index >= 15 is 0 Å². The molecule has 0 fully saturated rings. The third-order valence-electron chi connectivity index (χ3n) is 2.30. The lowest BCUT2D eigenvalue weighted by Gasteiger charge is -2.20. The summed E-state index contributed by atoms with van der Waals surface area (Å²) in [5.74, 6) is 0.522. The van der Waals surface area contributed by atoms with Crippen molar-refractivity contribution in [3.05, 3.63) is 35.4 Å². The van der Waals surface area contributed by atoms with Crippen molar-refractivity contribution in [2.75, 3.05) is 0 Å². The molecule has 0 heterocycles. The summed E-state index contributed by atoms with van der Waals surface area (Å²) < 4.78 is 0. The third kappa shape index (κ3) is 3.15. The molecule has 14 heavy (non-hydrogen) atoms. The molecule has 78 valence electrons. The first kappa shape index (κ1) is 11.3. The number of aliphatic hydroxyl groups is 1. The van der Waals surface area contributed by atoms with Gasteiger partial charge in [-0.25, -0.2) is 0 Å². The second-order valence-corrected chi connectivity index (χ2v) is 4.84. The van der Waals surface area contributed by atoms with Crippen molar-refractivity contribution in [1.29, 1.82) is 0 Å². The maximum Gasteiger partial charge on any atom is 0.0632 e. The van der Waals surface area contributed by atoms with E-state index in [2.05, 4.69) is 32.0 Å². The number of hydrogen-bond donors (Lipinski definition) is 1. The van der Waals surface area contributed by atoms with Crippen LogP contribution in [-0.2, 0) is 6.42 Å². The highest BCUT2D eigenvalue weighted by Gasteiger charge is 2.16. The number of benzene rings is 1. The molecule has 0 atom stereocenters. The topological polar surface area (TPSA) is 20.2 Å². The Hall–Kier alpha value is -0.820. The fourth-order valence-electron chi connectivity index (χ4n) is 1.72. The summed E-state index contributed by atoms with van der Waals surface area (Å²) >= 11 is 0. The highest BCUT2D eigenvalue weighted by molar-refractivity contribution is 5.30. The van der Waals surface area contributed by atoms with Crippen molar-refractivity contribution >= 4 is 0 Å². The smallest absolute Gasteiger partial charge is 0.0632 e. The maximum atomic E-state index is 9.78. The average Bonchev–Trinajstić information content (AvgIpc) is 2.01. The summed E-state index contributed by atoms with van der Waals surface area (Å²) in [6.45, 7) is 8.07. The standard InChI is InChI=1S/C13H20O/c1-10(2)12-8-6-5-7-11(12)9-13(3,4)14/h5-8,10,14H,9H2,1-4H3. The zero-order valence-corrected chi connectivity index (χ0v) is 9.54. The quantitative estimate of drug-likeness (QED) is 0.780. The van der Waals surface area contributed by atoms with Crippen LogP contribution in [0, 0.1) is 0 Å². The fourth-order valence-corrected chi connectivity index (χ4v) is 1.72. The molecule has 1 aromatic carbocycles. The van der Waals surface area contributed by atoms with Crippen LogP contribution < -0.4 is 0 Å². The molecule has 1 N–H and O–H groups in total. The molecule has 0 aliphatic carbocycles. The Morgan fingerprint density at radius 1 is 1.21 bits per heavy atom. The van der Waals surface area contributed by atoms with Crippen LogP contribution in [-0.4, -0.2) is 10.7 Å². The molecule has 1 nitrogen and oxygen atoms in total. The van der Waals surface area contributed by atoms with E-state index < -0.39 is 5.60 Å². The lowest BCUT2D eigenvalue weighted by Crippen LogP contribution is -2.22. The summed E-state index contributed by atoms with van der Waals surface area (Å²) in [6.07, 6.45) is 0.724. The number of hydrogen-bond acceptors (Lipinski definition) is 1. The first-order valence-corrected chi connectivity index (χ1v) is 5.20. The average molecular weight is 192 g/mol. The first-order valence-electron chi connectivity index (χ1n) is 5.20. The van der Waals surface area contributed by atoms with Gasteiger partial charge in [0, 0.05) is 6.42 Å². The van der Waals surface area contributed by atoms with E-state index in [1.54, 1.807) is 0 Å². The second kappa shape index (κ2) is 4.14. The Morgan fingerprint density at radius 2 is 1.79 bits per heavy atom. The van der Waals surface area contributed by atoms with E-state index in [1.807, 2.05) is 19.9 Å². The van der Waals surface area contributed by atoms with Gasteiger partial charge in [0.1, 0.15) is 0 Å². The minimum Gasteiger partial charge on any atom is -0.390 e. The second-order valence-electron chi connectivity index (χ2n) is 4.84. The highest BCUT2D eigenvalue weighted by Crippen LogP contribution is 2.22. The van der Waals surface area contributed by atoms with Crippen molar-refractivity contribution in [1.82, 2.24) is 0 Å². The van der Waals surface area contributed by atoms with E-state index in [0.717, 1.165) is 6.42 Å². The molecular formula is C13H20O. The van der Waals surface area contributed by atoms with Crippen molar-refractivity contribution in [3.63, 3.8) is 0 Å². The van der Waals surface area contributed by atoms with Crippen LogP contribution in [0.4, 0.5) is 0 Å². The minimum absolute atomic E-state index is 0.522. The Balaban J connectivity index is 2.96. The van der Waals surface area contributed by atoms with E-state index in [1.165, 1.54) is 11.1 Å². The molecule has 0 aliphatic heterocycles. The molecule has 0 unspecified atom stereocenters. The van der Waals surface area contributed by atoms with Gasteiger partial charge >= 0.3 is 0 Å². The molecule has 1 heteroatoms. The fraction of sp³-hybridized carbons (Fsp3) is 0.538. The van der Waals surface area contributed by atoms with Gasteiger partial charge in [0.2, 0.25) is 0 Å². The lowest BCUT2D eigenvalue weighted by atomic mass is 9.90.